The zero-order valence-corrected chi connectivity index (χ0v) is 12.7. The van der Waals surface area contributed by atoms with Crippen molar-refractivity contribution in [2.24, 2.45) is 0 Å². The number of hydrogen-bond acceptors (Lipinski definition) is 5. The van der Waals surface area contributed by atoms with Crippen molar-refractivity contribution in [3.63, 3.8) is 0 Å². The maximum Gasteiger partial charge on any atom is 0.341 e. The highest BCUT2D eigenvalue weighted by Crippen LogP contribution is 2.39. The van der Waals surface area contributed by atoms with Gasteiger partial charge in [0, 0.05) is 17.8 Å². The normalized spacial score (nSPS) is 13.1. The zero-order chi connectivity index (χ0) is 14.5. The maximum absolute atomic E-state index is 11.9. The van der Waals surface area contributed by atoms with Crippen LogP contribution in [0.15, 0.2) is 0 Å². The fourth-order valence-electron chi connectivity index (χ4n) is 2.38. The van der Waals surface area contributed by atoms with Gasteiger partial charge in [-0.05, 0) is 31.4 Å². The van der Waals surface area contributed by atoms with Gasteiger partial charge in [0.25, 0.3) is 0 Å². The summed E-state index contributed by atoms with van der Waals surface area (Å²) in [5.41, 5.74) is 1.62. The molecule has 2 rings (SSSR count). The molecule has 5 nitrogen and oxygen atoms in total. The van der Waals surface area contributed by atoms with Gasteiger partial charge in [0.15, 0.2) is 0 Å². The molecular weight excluding hydrogens is 276 g/mol. The predicted molar refractivity (Wildman–Crippen MR) is 79.5 cm³/mol. The van der Waals surface area contributed by atoms with E-state index >= 15 is 0 Å². The number of esters is 1. The number of thiophene rings is 1. The average Bonchev–Trinajstić information content (AvgIpc) is 2.98. The zero-order valence-electron chi connectivity index (χ0n) is 11.9. The van der Waals surface area contributed by atoms with Crippen molar-refractivity contribution < 1.29 is 14.3 Å². The molecule has 1 aliphatic rings. The Labute approximate surface area is 122 Å². The molecule has 0 radical (unpaired) electrons. The second kappa shape index (κ2) is 6.85. The van der Waals surface area contributed by atoms with Crippen molar-refractivity contribution in [2.75, 3.05) is 25.5 Å². The molecule has 0 spiro atoms. The molecule has 6 heteroatoms. The summed E-state index contributed by atoms with van der Waals surface area (Å²) in [5.74, 6) is -0.428. The Balaban J connectivity index is 2.11. The Morgan fingerprint density at radius 3 is 2.85 bits per heavy atom. The Kier molecular flexibility index (Phi) is 5.14. The molecule has 2 N–H and O–H groups in total. The smallest absolute Gasteiger partial charge is 0.341 e. The lowest BCUT2D eigenvalue weighted by molar-refractivity contribution is -0.116. The van der Waals surface area contributed by atoms with E-state index in [0.717, 1.165) is 31.4 Å². The molecule has 1 aromatic rings. The minimum Gasteiger partial charge on any atom is -0.465 e. The van der Waals surface area contributed by atoms with Crippen LogP contribution in [-0.2, 0) is 22.4 Å². The summed E-state index contributed by atoms with van der Waals surface area (Å²) in [4.78, 5) is 25.0. The minimum atomic E-state index is -0.355. The summed E-state index contributed by atoms with van der Waals surface area (Å²) in [6.45, 7) is 3.48. The number of ether oxygens (including phenoxy) is 1. The van der Waals surface area contributed by atoms with Crippen molar-refractivity contribution in [1.82, 2.24) is 5.32 Å². The van der Waals surface area contributed by atoms with Gasteiger partial charge in [-0.3, -0.25) is 4.79 Å². The van der Waals surface area contributed by atoms with Crippen molar-refractivity contribution in [2.45, 2.75) is 32.6 Å². The van der Waals surface area contributed by atoms with Gasteiger partial charge >= 0.3 is 5.97 Å². The van der Waals surface area contributed by atoms with Crippen LogP contribution in [0.4, 0.5) is 5.00 Å². The molecular formula is C14H20N2O3S. The summed E-state index contributed by atoms with van der Waals surface area (Å²) in [6, 6.07) is 0. The number of amides is 1. The molecule has 110 valence electrons. The van der Waals surface area contributed by atoms with Crippen LogP contribution in [0.3, 0.4) is 0 Å². The van der Waals surface area contributed by atoms with Crippen LogP contribution < -0.4 is 10.6 Å². The van der Waals surface area contributed by atoms with E-state index in [1.807, 2.05) is 6.92 Å². The van der Waals surface area contributed by atoms with Crippen LogP contribution in [0.1, 0.15) is 40.6 Å². The van der Waals surface area contributed by atoms with E-state index in [9.17, 15) is 9.59 Å². The summed E-state index contributed by atoms with van der Waals surface area (Å²) < 4.78 is 4.84. The third kappa shape index (κ3) is 3.19. The number of carbonyl (C=O) groups excluding carboxylic acids is 2. The van der Waals surface area contributed by atoms with E-state index in [-0.39, 0.29) is 11.9 Å². The second-order valence-electron chi connectivity index (χ2n) is 4.70. The number of aryl methyl sites for hydroxylation is 1. The first-order valence-electron chi connectivity index (χ1n) is 6.90. The molecule has 0 saturated carbocycles. The molecule has 0 aliphatic heterocycles. The van der Waals surface area contributed by atoms with Crippen LogP contribution in [0, 0.1) is 0 Å². The van der Waals surface area contributed by atoms with Crippen molar-refractivity contribution in [1.29, 1.82) is 0 Å². The van der Waals surface area contributed by atoms with E-state index in [2.05, 4.69) is 10.6 Å². The fourth-order valence-corrected chi connectivity index (χ4v) is 3.67. The summed E-state index contributed by atoms with van der Waals surface area (Å²) in [7, 11) is 1.37. The third-order valence-corrected chi connectivity index (χ3v) is 4.55. The molecule has 0 atom stereocenters. The van der Waals surface area contributed by atoms with Gasteiger partial charge in [-0.2, -0.15) is 0 Å². The van der Waals surface area contributed by atoms with Crippen molar-refractivity contribution in [3.8, 4) is 0 Å². The lowest BCUT2D eigenvalue weighted by Gasteiger charge is -2.07. The molecule has 0 aromatic carbocycles. The van der Waals surface area contributed by atoms with Gasteiger partial charge in [0.2, 0.25) is 5.91 Å². The van der Waals surface area contributed by atoms with Crippen LogP contribution in [0.5, 0.6) is 0 Å². The number of hydrogen-bond donors (Lipinski definition) is 2. The van der Waals surface area contributed by atoms with E-state index < -0.39 is 0 Å². The quantitative estimate of drug-likeness (QED) is 0.622. The third-order valence-electron chi connectivity index (χ3n) is 3.34. The molecule has 1 heterocycles. The van der Waals surface area contributed by atoms with E-state index in [4.69, 9.17) is 4.74 Å². The number of carbonyl (C=O) groups is 2. The fraction of sp³-hybridized carbons (Fsp3) is 0.571. The van der Waals surface area contributed by atoms with Gasteiger partial charge in [0.05, 0.1) is 12.7 Å². The maximum atomic E-state index is 11.9. The first-order valence-corrected chi connectivity index (χ1v) is 7.72. The summed E-state index contributed by atoms with van der Waals surface area (Å²) in [6.07, 6.45) is 3.34. The molecule has 1 amide bonds. The van der Waals surface area contributed by atoms with Crippen LogP contribution in [-0.4, -0.2) is 32.1 Å². The first kappa shape index (κ1) is 15.0. The van der Waals surface area contributed by atoms with Gasteiger partial charge in [-0.1, -0.05) is 6.92 Å². The molecule has 20 heavy (non-hydrogen) atoms. The van der Waals surface area contributed by atoms with Gasteiger partial charge < -0.3 is 15.4 Å². The largest absolute Gasteiger partial charge is 0.465 e. The van der Waals surface area contributed by atoms with E-state index in [1.54, 1.807) is 0 Å². The van der Waals surface area contributed by atoms with Crippen LogP contribution in [0.2, 0.25) is 0 Å². The van der Waals surface area contributed by atoms with E-state index in [0.29, 0.717) is 23.5 Å². The highest BCUT2D eigenvalue weighted by molar-refractivity contribution is 7.17. The van der Waals surface area contributed by atoms with Crippen LogP contribution >= 0.6 is 11.3 Å². The number of methoxy groups -OCH3 is 1. The predicted octanol–water partition coefficient (Wildman–Crippen LogP) is 1.96. The molecule has 0 fully saturated rings. The average molecular weight is 296 g/mol. The summed E-state index contributed by atoms with van der Waals surface area (Å²) >= 11 is 1.51. The number of anilines is 1. The first-order chi connectivity index (χ1) is 9.67. The van der Waals surface area contributed by atoms with Crippen LogP contribution in [0.25, 0.3) is 0 Å². The SMILES string of the molecule is CCNCCC(=O)Nc1sc2c(c1C(=O)OC)CCC2. The highest BCUT2D eigenvalue weighted by atomic mass is 32.1. The monoisotopic (exact) mass is 296 g/mol. The molecule has 0 unspecified atom stereocenters. The second-order valence-corrected chi connectivity index (χ2v) is 5.81. The lowest BCUT2D eigenvalue weighted by atomic mass is 10.1. The van der Waals surface area contributed by atoms with Crippen molar-refractivity contribution >= 4 is 28.2 Å². The number of rotatable bonds is 6. The Morgan fingerprint density at radius 2 is 2.15 bits per heavy atom. The number of nitrogens with one attached hydrogen (secondary N) is 2. The van der Waals surface area contributed by atoms with Gasteiger partial charge in [-0.25, -0.2) is 4.79 Å². The van der Waals surface area contributed by atoms with E-state index in [1.165, 1.54) is 23.3 Å². The molecule has 0 saturated heterocycles. The molecule has 1 aliphatic carbocycles. The summed E-state index contributed by atoms with van der Waals surface area (Å²) in [5, 5.41) is 6.60. The Hall–Kier alpha value is -1.40. The number of fused-ring (bicyclic) bond motifs is 1. The van der Waals surface area contributed by atoms with Crippen molar-refractivity contribution in [3.05, 3.63) is 16.0 Å². The standard InChI is InChI=1S/C14H20N2O3S/c1-3-15-8-7-11(17)16-13-12(14(18)19-2)9-5-4-6-10(9)20-13/h15H,3-8H2,1-2H3,(H,16,17). The molecule has 1 aromatic heterocycles. The van der Waals surface area contributed by atoms with Gasteiger partial charge in [-0.15, -0.1) is 11.3 Å². The van der Waals surface area contributed by atoms with Gasteiger partial charge in [0.1, 0.15) is 5.00 Å². The lowest BCUT2D eigenvalue weighted by Crippen LogP contribution is -2.21. The topological polar surface area (TPSA) is 67.4 Å². The Morgan fingerprint density at radius 1 is 1.35 bits per heavy atom. The molecule has 0 bridgehead atoms. The highest BCUT2D eigenvalue weighted by Gasteiger charge is 2.27. The minimum absolute atomic E-state index is 0.0731. The Bertz CT molecular complexity index is 511.